The summed E-state index contributed by atoms with van der Waals surface area (Å²) in [5.41, 5.74) is 2.52. The first-order valence-electron chi connectivity index (χ1n) is 10.3. The predicted molar refractivity (Wildman–Crippen MR) is 113 cm³/mol. The molecule has 28 heavy (non-hydrogen) atoms. The van der Waals surface area contributed by atoms with Crippen LogP contribution in [0.5, 0.6) is 0 Å². The fourth-order valence-electron chi connectivity index (χ4n) is 5.06. The van der Waals surface area contributed by atoms with Crippen molar-refractivity contribution in [3.05, 3.63) is 59.8 Å². The molecule has 0 saturated carbocycles. The van der Waals surface area contributed by atoms with E-state index in [-0.39, 0.29) is 5.91 Å². The van der Waals surface area contributed by atoms with E-state index in [1.54, 1.807) is 19.3 Å². The Morgan fingerprint density at radius 2 is 1.93 bits per heavy atom. The molecule has 1 N–H and O–H groups in total. The first kappa shape index (κ1) is 18.9. The molecule has 2 aliphatic heterocycles. The molecule has 0 radical (unpaired) electrons. The minimum Gasteiger partial charge on any atom is -0.357 e. The molecule has 2 fully saturated rings. The van der Waals surface area contributed by atoms with Crippen molar-refractivity contribution in [3.8, 4) is 0 Å². The number of rotatable bonds is 3. The number of aromatic nitrogens is 1. The van der Waals surface area contributed by atoms with Crippen molar-refractivity contribution in [3.63, 3.8) is 0 Å². The van der Waals surface area contributed by atoms with Crippen molar-refractivity contribution < 1.29 is 4.79 Å². The van der Waals surface area contributed by atoms with Gasteiger partial charge >= 0.3 is 0 Å². The van der Waals surface area contributed by atoms with Gasteiger partial charge in [-0.25, -0.2) is 4.98 Å². The number of amides is 1. The van der Waals surface area contributed by atoms with E-state index in [2.05, 4.69) is 57.5 Å². The molecule has 1 aromatic heterocycles. The van der Waals surface area contributed by atoms with Crippen LogP contribution in [0.1, 0.15) is 41.1 Å². The number of anilines is 1. The van der Waals surface area contributed by atoms with Gasteiger partial charge in [0.15, 0.2) is 0 Å². The van der Waals surface area contributed by atoms with Crippen LogP contribution in [0.15, 0.2) is 48.7 Å². The number of pyridine rings is 1. The van der Waals surface area contributed by atoms with Gasteiger partial charge in [-0.05, 0) is 55.3 Å². The van der Waals surface area contributed by atoms with E-state index in [1.807, 2.05) is 6.07 Å². The summed E-state index contributed by atoms with van der Waals surface area (Å²) in [7, 11) is 3.92. The number of likely N-dealkylation sites (tertiary alicyclic amines) is 1. The molecule has 1 unspecified atom stereocenters. The maximum absolute atomic E-state index is 11.9. The molecule has 0 aliphatic carbocycles. The summed E-state index contributed by atoms with van der Waals surface area (Å²) in [6.07, 6.45) is 5.35. The third-order valence-electron chi connectivity index (χ3n) is 6.47. The number of hydrogen-bond acceptors (Lipinski definition) is 4. The van der Waals surface area contributed by atoms with Crippen LogP contribution in [-0.4, -0.2) is 56.1 Å². The molecule has 148 valence electrons. The van der Waals surface area contributed by atoms with Crippen LogP contribution in [0.25, 0.3) is 0 Å². The highest BCUT2D eigenvalue weighted by Gasteiger charge is 2.41. The molecule has 0 bridgehead atoms. The smallest absolute Gasteiger partial charge is 0.251 e. The summed E-state index contributed by atoms with van der Waals surface area (Å²) in [5.74, 6) is 1.47. The average Bonchev–Trinajstić information content (AvgIpc) is 2.74. The molecule has 1 aromatic carbocycles. The largest absolute Gasteiger partial charge is 0.357 e. The SMILES string of the molecule is CNC(=O)c1ccnc(N2CCC3(CC2)CC(c2ccccc2)CN(C)C3)c1. The lowest BCUT2D eigenvalue weighted by Crippen LogP contribution is -2.50. The van der Waals surface area contributed by atoms with E-state index in [0.717, 1.165) is 25.5 Å². The monoisotopic (exact) mass is 378 g/mol. The summed E-state index contributed by atoms with van der Waals surface area (Å²) in [6.45, 7) is 4.32. The van der Waals surface area contributed by atoms with E-state index >= 15 is 0 Å². The predicted octanol–water partition coefficient (Wildman–Crippen LogP) is 3.15. The lowest BCUT2D eigenvalue weighted by atomic mass is 9.68. The van der Waals surface area contributed by atoms with Gasteiger partial charge in [-0.3, -0.25) is 4.79 Å². The number of nitrogens with one attached hydrogen (secondary N) is 1. The normalized spacial score (nSPS) is 22.2. The third-order valence-corrected chi connectivity index (χ3v) is 6.47. The van der Waals surface area contributed by atoms with Gasteiger partial charge < -0.3 is 15.1 Å². The van der Waals surface area contributed by atoms with E-state index in [0.29, 0.717) is 16.9 Å². The zero-order valence-corrected chi connectivity index (χ0v) is 16.9. The van der Waals surface area contributed by atoms with Gasteiger partial charge in [0.05, 0.1) is 0 Å². The lowest BCUT2D eigenvalue weighted by Gasteiger charge is -2.49. The van der Waals surface area contributed by atoms with Gasteiger partial charge in [0.1, 0.15) is 5.82 Å². The molecule has 2 saturated heterocycles. The molecule has 4 rings (SSSR count). The highest BCUT2D eigenvalue weighted by molar-refractivity contribution is 5.94. The minimum atomic E-state index is -0.0586. The Morgan fingerprint density at radius 1 is 1.18 bits per heavy atom. The molecule has 3 heterocycles. The Labute approximate surface area is 167 Å². The number of carbonyl (C=O) groups excluding carboxylic acids is 1. The van der Waals surface area contributed by atoms with Crippen molar-refractivity contribution in [2.24, 2.45) is 5.41 Å². The molecule has 2 aliphatic rings. The fourth-order valence-corrected chi connectivity index (χ4v) is 5.06. The molecule has 2 aromatic rings. The Bertz CT molecular complexity index is 814. The van der Waals surface area contributed by atoms with Crippen molar-refractivity contribution in [2.45, 2.75) is 25.2 Å². The zero-order chi connectivity index (χ0) is 19.6. The van der Waals surface area contributed by atoms with E-state index < -0.39 is 0 Å². The molecular weight excluding hydrogens is 348 g/mol. The topological polar surface area (TPSA) is 48.5 Å². The number of piperidine rings is 2. The van der Waals surface area contributed by atoms with E-state index in [4.69, 9.17) is 0 Å². The molecule has 5 heteroatoms. The number of carbonyl (C=O) groups is 1. The van der Waals surface area contributed by atoms with Crippen molar-refractivity contribution >= 4 is 11.7 Å². The minimum absolute atomic E-state index is 0.0586. The summed E-state index contributed by atoms with van der Waals surface area (Å²) < 4.78 is 0. The Morgan fingerprint density at radius 3 is 2.64 bits per heavy atom. The van der Waals surface area contributed by atoms with Crippen molar-refractivity contribution in [1.82, 2.24) is 15.2 Å². The van der Waals surface area contributed by atoms with Gasteiger partial charge in [0.25, 0.3) is 5.91 Å². The van der Waals surface area contributed by atoms with Gasteiger partial charge in [0, 0.05) is 45.0 Å². The second-order valence-corrected chi connectivity index (χ2v) is 8.48. The molecule has 1 spiro atoms. The second-order valence-electron chi connectivity index (χ2n) is 8.48. The number of benzene rings is 1. The summed E-state index contributed by atoms with van der Waals surface area (Å²) in [6, 6.07) is 14.7. The van der Waals surface area contributed by atoms with Crippen LogP contribution in [0, 0.1) is 5.41 Å². The molecule has 1 amide bonds. The van der Waals surface area contributed by atoms with Crippen molar-refractivity contribution in [1.29, 1.82) is 0 Å². The van der Waals surface area contributed by atoms with Crippen LogP contribution in [0.4, 0.5) is 5.82 Å². The van der Waals surface area contributed by atoms with Gasteiger partial charge in [0.2, 0.25) is 0 Å². The number of nitrogens with zero attached hydrogens (tertiary/aromatic N) is 3. The quantitative estimate of drug-likeness (QED) is 0.891. The zero-order valence-electron chi connectivity index (χ0n) is 16.9. The standard InChI is InChI=1S/C23H30N4O/c1-24-22(28)19-8-11-25-21(14-19)27-12-9-23(10-13-27)15-20(16-26(2)17-23)18-6-4-3-5-7-18/h3-8,11,14,20H,9-10,12-13,15-17H2,1-2H3,(H,24,28). The third kappa shape index (κ3) is 3.90. The first-order chi connectivity index (χ1) is 13.6. The Kier molecular flexibility index (Phi) is 5.36. The van der Waals surface area contributed by atoms with Crippen LogP contribution in [-0.2, 0) is 0 Å². The summed E-state index contributed by atoms with van der Waals surface area (Å²) in [5, 5.41) is 2.69. The molecule has 1 atom stereocenters. The van der Waals surface area contributed by atoms with Crippen LogP contribution in [0.3, 0.4) is 0 Å². The van der Waals surface area contributed by atoms with Gasteiger partial charge in [-0.15, -0.1) is 0 Å². The van der Waals surface area contributed by atoms with Crippen LogP contribution in [0.2, 0.25) is 0 Å². The lowest BCUT2D eigenvalue weighted by molar-refractivity contribution is 0.0671. The number of likely N-dealkylation sites (N-methyl/N-ethyl adjacent to an activating group) is 1. The summed E-state index contributed by atoms with van der Waals surface area (Å²) in [4.78, 5) is 21.3. The molecule has 5 nitrogen and oxygen atoms in total. The van der Waals surface area contributed by atoms with E-state index in [1.165, 1.54) is 31.4 Å². The Hall–Kier alpha value is -2.40. The van der Waals surface area contributed by atoms with Crippen molar-refractivity contribution in [2.75, 3.05) is 45.2 Å². The highest BCUT2D eigenvalue weighted by Crippen LogP contribution is 2.45. The second kappa shape index (κ2) is 7.92. The Balaban J connectivity index is 1.46. The van der Waals surface area contributed by atoms with Crippen LogP contribution < -0.4 is 10.2 Å². The molecular formula is C23H30N4O. The first-order valence-corrected chi connectivity index (χ1v) is 10.3. The van der Waals surface area contributed by atoms with Gasteiger partial charge in [-0.2, -0.15) is 0 Å². The van der Waals surface area contributed by atoms with Gasteiger partial charge in [-0.1, -0.05) is 30.3 Å². The highest BCUT2D eigenvalue weighted by atomic mass is 16.1. The average molecular weight is 379 g/mol. The van der Waals surface area contributed by atoms with E-state index in [9.17, 15) is 4.79 Å². The maximum Gasteiger partial charge on any atom is 0.251 e. The van der Waals surface area contributed by atoms with Crippen LogP contribution >= 0.6 is 0 Å². The fraction of sp³-hybridized carbons (Fsp3) is 0.478. The summed E-state index contributed by atoms with van der Waals surface area (Å²) >= 11 is 0. The maximum atomic E-state index is 11.9. The number of hydrogen-bond donors (Lipinski definition) is 1.